The van der Waals surface area contributed by atoms with Crippen molar-refractivity contribution in [3.05, 3.63) is 90.7 Å². The molecule has 0 aromatic heterocycles. The second-order valence-corrected chi connectivity index (χ2v) is 9.75. The Labute approximate surface area is 215 Å². The summed E-state index contributed by atoms with van der Waals surface area (Å²) in [6, 6.07) is 22.0. The summed E-state index contributed by atoms with van der Waals surface area (Å²) in [4.78, 5) is 16.9. The van der Waals surface area contributed by atoms with Gasteiger partial charge in [-0.1, -0.05) is 49.4 Å². The predicted octanol–water partition coefficient (Wildman–Crippen LogP) is 7.08. The summed E-state index contributed by atoms with van der Waals surface area (Å²) in [6.45, 7) is 4.15. The molecule has 3 aromatic rings. The fourth-order valence-corrected chi connectivity index (χ4v) is 5.26. The fraction of sp³-hybridized carbons (Fsp3) is 0.154. The van der Waals surface area contributed by atoms with Crippen LogP contribution in [0.1, 0.15) is 31.4 Å². The van der Waals surface area contributed by atoms with E-state index in [0.717, 1.165) is 41.6 Å². The van der Waals surface area contributed by atoms with Gasteiger partial charge < -0.3 is 9.47 Å². The highest BCUT2D eigenvalue weighted by Gasteiger charge is 2.24. The van der Waals surface area contributed by atoms with Crippen LogP contribution in [0.15, 0.2) is 77.4 Å². The number of esters is 1. The summed E-state index contributed by atoms with van der Waals surface area (Å²) in [5, 5.41) is 0. The number of benzene rings is 3. The van der Waals surface area contributed by atoms with Crippen LogP contribution in [0.4, 0.5) is 0 Å². The van der Waals surface area contributed by atoms with Crippen LogP contribution in [0.25, 0.3) is 17.2 Å². The molecule has 0 saturated heterocycles. The van der Waals surface area contributed by atoms with Gasteiger partial charge in [0.2, 0.25) is 5.90 Å². The molecule has 0 bridgehead atoms. The third-order valence-electron chi connectivity index (χ3n) is 5.08. The third kappa shape index (κ3) is 5.23. The number of cyclic esters (lactones) is 1. The Hall–Kier alpha value is -2.20. The van der Waals surface area contributed by atoms with Crippen molar-refractivity contribution in [1.29, 1.82) is 0 Å². The van der Waals surface area contributed by atoms with Crippen LogP contribution < -0.4 is 4.74 Å². The van der Waals surface area contributed by atoms with E-state index in [1.54, 1.807) is 6.08 Å². The average Bonchev–Trinajstić information content (AvgIpc) is 3.17. The molecule has 0 spiro atoms. The minimum absolute atomic E-state index is 0.145. The van der Waals surface area contributed by atoms with Gasteiger partial charge in [-0.2, -0.15) is 0 Å². The molecule has 1 unspecified atom stereocenters. The van der Waals surface area contributed by atoms with Gasteiger partial charge in [-0.15, -0.1) is 0 Å². The summed E-state index contributed by atoms with van der Waals surface area (Å²) >= 11 is 4.53. The van der Waals surface area contributed by atoms with Crippen molar-refractivity contribution in [2.75, 3.05) is 0 Å². The molecule has 0 saturated carbocycles. The SMILES string of the molecule is CCC(C)Oc1c(I)cc(/C=C2\N=C(c3ccc(-c4ccccc4)cc3)OC2=O)cc1I. The zero-order valence-corrected chi connectivity index (χ0v) is 22.0. The van der Waals surface area contributed by atoms with Crippen LogP contribution in [-0.4, -0.2) is 18.0 Å². The minimum Gasteiger partial charge on any atom is -0.489 e. The van der Waals surface area contributed by atoms with Crippen LogP contribution >= 0.6 is 45.2 Å². The predicted molar refractivity (Wildman–Crippen MR) is 145 cm³/mol. The van der Waals surface area contributed by atoms with Crippen LogP contribution in [-0.2, 0) is 9.53 Å². The van der Waals surface area contributed by atoms with Gasteiger partial charge in [0.25, 0.3) is 0 Å². The molecule has 32 heavy (non-hydrogen) atoms. The van der Waals surface area contributed by atoms with Gasteiger partial charge >= 0.3 is 5.97 Å². The first-order valence-electron chi connectivity index (χ1n) is 10.3. The number of nitrogens with zero attached hydrogens (tertiary/aromatic N) is 1. The van der Waals surface area contributed by atoms with Crippen LogP contribution in [0.3, 0.4) is 0 Å². The lowest BCUT2D eigenvalue weighted by Gasteiger charge is -2.16. The summed E-state index contributed by atoms with van der Waals surface area (Å²) in [6.07, 6.45) is 2.84. The quantitative estimate of drug-likeness (QED) is 0.163. The first kappa shape index (κ1) is 23.0. The Bertz CT molecular complexity index is 1180. The summed E-state index contributed by atoms with van der Waals surface area (Å²) in [7, 11) is 0. The molecule has 4 nitrogen and oxygen atoms in total. The molecule has 6 heteroatoms. The molecule has 0 N–H and O–H groups in total. The van der Waals surface area contributed by atoms with E-state index in [-0.39, 0.29) is 11.8 Å². The molecule has 0 fully saturated rings. The number of hydrogen-bond donors (Lipinski definition) is 0. The zero-order valence-electron chi connectivity index (χ0n) is 17.6. The fourth-order valence-electron chi connectivity index (χ4n) is 3.19. The molecule has 4 rings (SSSR count). The maximum atomic E-state index is 12.4. The molecule has 0 amide bonds. The molecule has 1 aliphatic heterocycles. The van der Waals surface area contributed by atoms with Crippen molar-refractivity contribution < 1.29 is 14.3 Å². The highest BCUT2D eigenvalue weighted by molar-refractivity contribution is 14.1. The normalized spacial score (nSPS) is 15.4. The van der Waals surface area contributed by atoms with E-state index in [9.17, 15) is 4.79 Å². The van der Waals surface area contributed by atoms with Crippen molar-refractivity contribution in [3.63, 3.8) is 0 Å². The molecule has 0 radical (unpaired) electrons. The van der Waals surface area contributed by atoms with E-state index < -0.39 is 5.97 Å². The van der Waals surface area contributed by atoms with Gasteiger partial charge in [0, 0.05) is 5.56 Å². The molecule has 1 aliphatic rings. The number of ether oxygens (including phenoxy) is 2. The monoisotopic (exact) mass is 649 g/mol. The highest BCUT2D eigenvalue weighted by Crippen LogP contribution is 2.31. The van der Waals surface area contributed by atoms with E-state index in [2.05, 4.69) is 76.2 Å². The van der Waals surface area contributed by atoms with Gasteiger partial charge in [0.15, 0.2) is 5.70 Å². The molecule has 1 heterocycles. The van der Waals surface area contributed by atoms with Gasteiger partial charge in [-0.25, -0.2) is 9.79 Å². The Morgan fingerprint density at radius 3 is 2.19 bits per heavy atom. The van der Waals surface area contributed by atoms with Crippen molar-refractivity contribution in [3.8, 4) is 16.9 Å². The summed E-state index contributed by atoms with van der Waals surface area (Å²) < 4.78 is 13.5. The average molecular weight is 649 g/mol. The second-order valence-electron chi connectivity index (χ2n) is 7.43. The van der Waals surface area contributed by atoms with Crippen molar-refractivity contribution in [1.82, 2.24) is 0 Å². The van der Waals surface area contributed by atoms with Crippen molar-refractivity contribution in [2.45, 2.75) is 26.4 Å². The maximum Gasteiger partial charge on any atom is 0.363 e. The Balaban J connectivity index is 1.58. The summed E-state index contributed by atoms with van der Waals surface area (Å²) in [5.74, 6) is 0.749. The number of carbonyl (C=O) groups excluding carboxylic acids is 1. The maximum absolute atomic E-state index is 12.4. The molecule has 162 valence electrons. The third-order valence-corrected chi connectivity index (χ3v) is 6.68. The van der Waals surface area contributed by atoms with Gasteiger partial charge in [0.1, 0.15) is 5.75 Å². The molecular weight excluding hydrogens is 628 g/mol. The number of hydrogen-bond acceptors (Lipinski definition) is 4. The first-order chi connectivity index (χ1) is 15.4. The first-order valence-corrected chi connectivity index (χ1v) is 12.4. The second kappa shape index (κ2) is 10.2. The van der Waals surface area contributed by atoms with E-state index in [1.165, 1.54) is 0 Å². The number of halogens is 2. The Kier molecular flexibility index (Phi) is 7.30. The van der Waals surface area contributed by atoms with E-state index in [1.807, 2.05) is 54.6 Å². The standard InChI is InChI=1S/C26H21I2NO3/c1-3-16(2)31-24-21(27)13-17(14-22(24)28)15-23-26(30)32-25(29-23)20-11-9-19(10-12-20)18-7-5-4-6-8-18/h4-16H,3H2,1-2H3/b23-15-. The van der Waals surface area contributed by atoms with Gasteiger partial charge in [-0.05, 0) is 106 Å². The largest absolute Gasteiger partial charge is 0.489 e. The molecule has 3 aromatic carbocycles. The Morgan fingerprint density at radius 1 is 0.969 bits per heavy atom. The van der Waals surface area contributed by atoms with E-state index in [0.29, 0.717) is 5.90 Å². The van der Waals surface area contributed by atoms with Crippen LogP contribution in [0.5, 0.6) is 5.75 Å². The number of aliphatic imine (C=N–C) groups is 1. The lowest BCUT2D eigenvalue weighted by Crippen LogP contribution is -2.11. The molecule has 0 aliphatic carbocycles. The smallest absolute Gasteiger partial charge is 0.363 e. The van der Waals surface area contributed by atoms with Gasteiger partial charge in [0.05, 0.1) is 13.2 Å². The molecule has 1 atom stereocenters. The lowest BCUT2D eigenvalue weighted by atomic mass is 10.0. The highest BCUT2D eigenvalue weighted by atomic mass is 127. The van der Waals surface area contributed by atoms with Gasteiger partial charge in [-0.3, -0.25) is 0 Å². The van der Waals surface area contributed by atoms with Crippen LogP contribution in [0.2, 0.25) is 0 Å². The van der Waals surface area contributed by atoms with E-state index in [4.69, 9.17) is 9.47 Å². The topological polar surface area (TPSA) is 47.9 Å². The molecular formula is C26H21I2NO3. The van der Waals surface area contributed by atoms with Crippen LogP contribution in [0, 0.1) is 7.14 Å². The van der Waals surface area contributed by atoms with Crippen molar-refractivity contribution in [2.24, 2.45) is 4.99 Å². The van der Waals surface area contributed by atoms with E-state index >= 15 is 0 Å². The van der Waals surface area contributed by atoms with Crippen molar-refractivity contribution >= 4 is 63.1 Å². The minimum atomic E-state index is -0.447. The zero-order chi connectivity index (χ0) is 22.7. The lowest BCUT2D eigenvalue weighted by molar-refractivity contribution is -0.129. The number of rotatable bonds is 6. The summed E-state index contributed by atoms with van der Waals surface area (Å²) in [5.41, 5.74) is 4.16. The number of carbonyl (C=O) groups is 1. The Morgan fingerprint density at radius 2 is 1.56 bits per heavy atom.